The highest BCUT2D eigenvalue weighted by molar-refractivity contribution is 5.95. The van der Waals surface area contributed by atoms with E-state index in [-0.39, 0.29) is 5.78 Å². The summed E-state index contributed by atoms with van der Waals surface area (Å²) >= 11 is 0. The van der Waals surface area contributed by atoms with Gasteiger partial charge < -0.3 is 0 Å². The summed E-state index contributed by atoms with van der Waals surface area (Å²) in [6, 6.07) is 3.61. The first kappa shape index (κ1) is 9.90. The van der Waals surface area contributed by atoms with E-state index in [0.29, 0.717) is 12.3 Å². The lowest BCUT2D eigenvalue weighted by atomic mass is 10.0. The van der Waals surface area contributed by atoms with Crippen molar-refractivity contribution in [3.05, 3.63) is 30.1 Å². The zero-order chi connectivity index (χ0) is 9.68. The van der Waals surface area contributed by atoms with Crippen LogP contribution in [0, 0.1) is 5.92 Å². The van der Waals surface area contributed by atoms with Gasteiger partial charge in [-0.2, -0.15) is 0 Å². The van der Waals surface area contributed by atoms with Crippen LogP contribution in [-0.2, 0) is 0 Å². The van der Waals surface area contributed by atoms with Crippen LogP contribution >= 0.6 is 0 Å². The molecule has 0 amide bonds. The van der Waals surface area contributed by atoms with Crippen molar-refractivity contribution in [2.45, 2.75) is 26.7 Å². The van der Waals surface area contributed by atoms with Crippen molar-refractivity contribution in [3.8, 4) is 0 Å². The molecule has 1 aromatic rings. The molecular weight excluding hydrogens is 162 g/mol. The molecule has 0 aromatic carbocycles. The van der Waals surface area contributed by atoms with E-state index in [4.69, 9.17) is 0 Å². The minimum atomic E-state index is 0.196. The number of Topliss-reactive ketones (excluding diaryl/α,β-unsaturated/α-hetero) is 1. The fraction of sp³-hybridized carbons (Fsp3) is 0.455. The third kappa shape index (κ3) is 3.36. The van der Waals surface area contributed by atoms with E-state index >= 15 is 0 Å². The maximum Gasteiger partial charge on any atom is 0.164 e. The van der Waals surface area contributed by atoms with Gasteiger partial charge in [-0.3, -0.25) is 9.78 Å². The van der Waals surface area contributed by atoms with Gasteiger partial charge in [0.2, 0.25) is 0 Å². The number of carbonyl (C=O) groups is 1. The molecule has 0 fully saturated rings. The summed E-state index contributed by atoms with van der Waals surface area (Å²) in [6.07, 6.45) is 4.89. The second-order valence-electron chi connectivity index (χ2n) is 3.60. The van der Waals surface area contributed by atoms with Gasteiger partial charge >= 0.3 is 0 Å². The Morgan fingerprint density at radius 3 is 2.85 bits per heavy atom. The van der Waals surface area contributed by atoms with E-state index in [2.05, 4.69) is 18.8 Å². The normalized spacial score (nSPS) is 10.4. The number of carbonyl (C=O) groups excluding carboxylic acids is 1. The number of hydrogen-bond donors (Lipinski definition) is 0. The molecule has 13 heavy (non-hydrogen) atoms. The maximum atomic E-state index is 11.5. The average molecular weight is 177 g/mol. The molecule has 1 heterocycles. The second-order valence-corrected chi connectivity index (χ2v) is 3.60. The van der Waals surface area contributed by atoms with Crippen molar-refractivity contribution in [1.29, 1.82) is 0 Å². The van der Waals surface area contributed by atoms with Crippen LogP contribution in [0.15, 0.2) is 24.5 Å². The molecule has 70 valence electrons. The summed E-state index contributed by atoms with van der Waals surface area (Å²) in [5.41, 5.74) is 0.725. The van der Waals surface area contributed by atoms with Gasteiger partial charge in [-0.15, -0.1) is 0 Å². The summed E-state index contributed by atoms with van der Waals surface area (Å²) in [7, 11) is 0. The molecule has 0 N–H and O–H groups in total. The SMILES string of the molecule is CC(C)CCC(=O)c1cccnc1. The van der Waals surface area contributed by atoms with Crippen LogP contribution in [0.2, 0.25) is 0 Å². The molecule has 0 aliphatic rings. The molecule has 0 saturated carbocycles. The van der Waals surface area contributed by atoms with Gasteiger partial charge in [0.1, 0.15) is 0 Å². The predicted molar refractivity (Wildman–Crippen MR) is 52.6 cm³/mol. The highest BCUT2D eigenvalue weighted by atomic mass is 16.1. The number of hydrogen-bond acceptors (Lipinski definition) is 2. The van der Waals surface area contributed by atoms with Crippen LogP contribution in [0.4, 0.5) is 0 Å². The standard InChI is InChI=1S/C11H15NO/c1-9(2)5-6-11(13)10-4-3-7-12-8-10/h3-4,7-9H,5-6H2,1-2H3. The van der Waals surface area contributed by atoms with Gasteiger partial charge in [0.05, 0.1) is 0 Å². The summed E-state index contributed by atoms with van der Waals surface area (Å²) in [5.74, 6) is 0.780. The number of pyridine rings is 1. The van der Waals surface area contributed by atoms with Crippen molar-refractivity contribution >= 4 is 5.78 Å². The fourth-order valence-electron chi connectivity index (χ4n) is 1.09. The predicted octanol–water partition coefficient (Wildman–Crippen LogP) is 2.70. The van der Waals surface area contributed by atoms with E-state index in [1.807, 2.05) is 6.07 Å². The third-order valence-electron chi connectivity index (χ3n) is 1.93. The minimum absolute atomic E-state index is 0.196. The van der Waals surface area contributed by atoms with Crippen molar-refractivity contribution in [1.82, 2.24) is 4.98 Å². The highest BCUT2D eigenvalue weighted by Gasteiger charge is 2.05. The number of rotatable bonds is 4. The number of ketones is 1. The third-order valence-corrected chi connectivity index (χ3v) is 1.93. The first-order valence-electron chi connectivity index (χ1n) is 4.63. The number of aromatic nitrogens is 1. The fourth-order valence-corrected chi connectivity index (χ4v) is 1.09. The van der Waals surface area contributed by atoms with Gasteiger partial charge in [0.15, 0.2) is 5.78 Å². The van der Waals surface area contributed by atoms with E-state index in [1.54, 1.807) is 18.5 Å². The smallest absolute Gasteiger partial charge is 0.164 e. The quantitative estimate of drug-likeness (QED) is 0.662. The molecule has 0 aliphatic heterocycles. The Hall–Kier alpha value is -1.18. The summed E-state index contributed by atoms with van der Waals surface area (Å²) in [5, 5.41) is 0. The Bertz CT molecular complexity index is 267. The molecule has 1 aromatic heterocycles. The molecule has 0 radical (unpaired) electrons. The monoisotopic (exact) mass is 177 g/mol. The van der Waals surface area contributed by atoms with Crippen LogP contribution in [0.25, 0.3) is 0 Å². The second kappa shape index (κ2) is 4.75. The van der Waals surface area contributed by atoms with E-state index < -0.39 is 0 Å². The minimum Gasteiger partial charge on any atom is -0.294 e. The Kier molecular flexibility index (Phi) is 3.62. The Morgan fingerprint density at radius 1 is 1.54 bits per heavy atom. The van der Waals surface area contributed by atoms with Crippen LogP contribution < -0.4 is 0 Å². The van der Waals surface area contributed by atoms with Crippen LogP contribution in [0.5, 0.6) is 0 Å². The zero-order valence-electron chi connectivity index (χ0n) is 8.16. The lowest BCUT2D eigenvalue weighted by Crippen LogP contribution is -2.01. The molecule has 0 aliphatic carbocycles. The highest BCUT2D eigenvalue weighted by Crippen LogP contribution is 2.08. The Labute approximate surface area is 79.0 Å². The maximum absolute atomic E-state index is 11.5. The average Bonchev–Trinajstić information content (AvgIpc) is 2.15. The molecule has 1 rings (SSSR count). The number of nitrogens with zero attached hydrogens (tertiary/aromatic N) is 1. The molecule has 0 atom stereocenters. The molecule has 0 bridgehead atoms. The topological polar surface area (TPSA) is 30.0 Å². The van der Waals surface area contributed by atoms with Crippen molar-refractivity contribution < 1.29 is 4.79 Å². The van der Waals surface area contributed by atoms with Crippen molar-refractivity contribution in [3.63, 3.8) is 0 Å². The lowest BCUT2D eigenvalue weighted by molar-refractivity contribution is 0.0975. The largest absolute Gasteiger partial charge is 0.294 e. The van der Waals surface area contributed by atoms with Gasteiger partial charge in [-0.05, 0) is 24.5 Å². The molecule has 2 heteroatoms. The zero-order valence-corrected chi connectivity index (χ0v) is 8.16. The molecule has 0 unspecified atom stereocenters. The lowest BCUT2D eigenvalue weighted by Gasteiger charge is -2.02. The van der Waals surface area contributed by atoms with Gasteiger partial charge in [-0.1, -0.05) is 13.8 Å². The van der Waals surface area contributed by atoms with E-state index in [0.717, 1.165) is 12.0 Å². The molecule has 2 nitrogen and oxygen atoms in total. The molecule has 0 saturated heterocycles. The molecular formula is C11H15NO. The van der Waals surface area contributed by atoms with Crippen LogP contribution in [0.3, 0.4) is 0 Å². The van der Waals surface area contributed by atoms with Crippen LogP contribution in [-0.4, -0.2) is 10.8 Å². The molecule has 0 spiro atoms. The first-order chi connectivity index (χ1) is 6.20. The first-order valence-corrected chi connectivity index (χ1v) is 4.63. The Morgan fingerprint density at radius 2 is 2.31 bits per heavy atom. The summed E-state index contributed by atoms with van der Waals surface area (Å²) in [4.78, 5) is 15.4. The van der Waals surface area contributed by atoms with Gasteiger partial charge in [-0.25, -0.2) is 0 Å². The van der Waals surface area contributed by atoms with Crippen molar-refractivity contribution in [2.75, 3.05) is 0 Å². The summed E-state index contributed by atoms with van der Waals surface area (Å²) in [6.45, 7) is 4.24. The van der Waals surface area contributed by atoms with E-state index in [1.165, 1.54) is 0 Å². The van der Waals surface area contributed by atoms with Gasteiger partial charge in [0, 0.05) is 24.4 Å². The van der Waals surface area contributed by atoms with E-state index in [9.17, 15) is 4.79 Å². The van der Waals surface area contributed by atoms with Crippen molar-refractivity contribution in [2.24, 2.45) is 5.92 Å². The Balaban J connectivity index is 2.50. The van der Waals surface area contributed by atoms with Crippen LogP contribution in [0.1, 0.15) is 37.0 Å². The van der Waals surface area contributed by atoms with Gasteiger partial charge in [0.25, 0.3) is 0 Å². The summed E-state index contributed by atoms with van der Waals surface area (Å²) < 4.78 is 0.